The maximum Gasteiger partial charge on any atom is 0.0385 e. The number of likely N-dealkylation sites (N-methyl/N-ethyl adjacent to an activating group) is 1. The van der Waals surface area contributed by atoms with Crippen molar-refractivity contribution in [1.29, 1.82) is 0 Å². The maximum atomic E-state index is 3.41. The summed E-state index contributed by atoms with van der Waals surface area (Å²) in [5.41, 5.74) is 0. The Balaban J connectivity index is 1.97. The van der Waals surface area contributed by atoms with Crippen LogP contribution in [0.25, 0.3) is 0 Å². The van der Waals surface area contributed by atoms with Crippen LogP contribution in [-0.2, 0) is 0 Å². The molecule has 0 bridgehead atoms. The highest BCUT2D eigenvalue weighted by molar-refractivity contribution is 8.00. The molecule has 1 aromatic carbocycles. The molecule has 1 aliphatic heterocycles. The van der Waals surface area contributed by atoms with E-state index in [1.54, 1.807) is 0 Å². The van der Waals surface area contributed by atoms with Gasteiger partial charge in [-0.2, -0.15) is 0 Å². The van der Waals surface area contributed by atoms with Gasteiger partial charge in [-0.15, -0.1) is 11.8 Å². The molecule has 0 radical (unpaired) electrons. The SMILES string of the molecule is CNC1CNCC1Sc1ccccc1. The Morgan fingerprint density at radius 3 is 2.79 bits per heavy atom. The quantitative estimate of drug-likeness (QED) is 0.784. The predicted octanol–water partition coefficient (Wildman–Crippen LogP) is 1.34. The van der Waals surface area contributed by atoms with Crippen molar-refractivity contribution in [2.45, 2.75) is 16.2 Å². The van der Waals surface area contributed by atoms with E-state index in [-0.39, 0.29) is 0 Å². The summed E-state index contributed by atoms with van der Waals surface area (Å²) in [5, 5.41) is 7.42. The minimum Gasteiger partial charge on any atom is -0.315 e. The van der Waals surface area contributed by atoms with E-state index < -0.39 is 0 Å². The zero-order valence-electron chi connectivity index (χ0n) is 8.36. The van der Waals surface area contributed by atoms with Crippen molar-refractivity contribution in [3.8, 4) is 0 Å². The number of benzene rings is 1. The fourth-order valence-electron chi connectivity index (χ4n) is 1.74. The minimum absolute atomic E-state index is 0.597. The van der Waals surface area contributed by atoms with E-state index in [4.69, 9.17) is 0 Å². The smallest absolute Gasteiger partial charge is 0.0385 e. The summed E-state index contributed by atoms with van der Waals surface area (Å²) in [4.78, 5) is 1.36. The summed E-state index contributed by atoms with van der Waals surface area (Å²) in [6.07, 6.45) is 0. The van der Waals surface area contributed by atoms with Crippen LogP contribution in [0.1, 0.15) is 0 Å². The van der Waals surface area contributed by atoms with E-state index in [2.05, 4.69) is 41.0 Å². The Labute approximate surface area is 89.5 Å². The molecule has 14 heavy (non-hydrogen) atoms. The van der Waals surface area contributed by atoms with Gasteiger partial charge in [-0.1, -0.05) is 18.2 Å². The Bertz CT molecular complexity index is 276. The van der Waals surface area contributed by atoms with E-state index in [9.17, 15) is 0 Å². The van der Waals surface area contributed by atoms with Crippen molar-refractivity contribution in [3.05, 3.63) is 30.3 Å². The summed E-state index contributed by atoms with van der Waals surface area (Å²) in [7, 11) is 2.04. The highest BCUT2D eigenvalue weighted by atomic mass is 32.2. The molecule has 2 N–H and O–H groups in total. The Morgan fingerprint density at radius 1 is 1.29 bits per heavy atom. The molecule has 0 saturated carbocycles. The third kappa shape index (κ3) is 2.29. The molecule has 0 aliphatic carbocycles. The molecule has 1 fully saturated rings. The van der Waals surface area contributed by atoms with E-state index in [1.807, 2.05) is 18.8 Å². The van der Waals surface area contributed by atoms with Gasteiger partial charge in [-0.25, -0.2) is 0 Å². The first-order valence-electron chi connectivity index (χ1n) is 5.00. The van der Waals surface area contributed by atoms with Crippen LogP contribution in [-0.4, -0.2) is 31.4 Å². The fourth-order valence-corrected chi connectivity index (χ4v) is 3.00. The van der Waals surface area contributed by atoms with Crippen molar-refractivity contribution >= 4 is 11.8 Å². The van der Waals surface area contributed by atoms with Crippen LogP contribution >= 0.6 is 11.8 Å². The predicted molar refractivity (Wildman–Crippen MR) is 61.8 cm³/mol. The molecule has 2 atom stereocenters. The highest BCUT2D eigenvalue weighted by Crippen LogP contribution is 2.26. The number of nitrogens with one attached hydrogen (secondary N) is 2. The first-order valence-corrected chi connectivity index (χ1v) is 5.88. The topological polar surface area (TPSA) is 24.1 Å². The van der Waals surface area contributed by atoms with E-state index in [0.717, 1.165) is 13.1 Å². The van der Waals surface area contributed by atoms with Crippen LogP contribution in [0.3, 0.4) is 0 Å². The van der Waals surface area contributed by atoms with Crippen LogP contribution in [0.4, 0.5) is 0 Å². The standard InChI is InChI=1S/C11H16N2S/c1-12-10-7-13-8-11(10)14-9-5-3-2-4-6-9/h2-6,10-13H,7-8H2,1H3. The van der Waals surface area contributed by atoms with Crippen molar-refractivity contribution in [1.82, 2.24) is 10.6 Å². The lowest BCUT2D eigenvalue weighted by Crippen LogP contribution is -2.34. The maximum absolute atomic E-state index is 3.41. The lowest BCUT2D eigenvalue weighted by molar-refractivity contribution is 0.619. The van der Waals surface area contributed by atoms with Crippen LogP contribution in [0.15, 0.2) is 35.2 Å². The molecule has 2 nitrogen and oxygen atoms in total. The molecule has 76 valence electrons. The van der Waals surface area contributed by atoms with Crippen molar-refractivity contribution < 1.29 is 0 Å². The first-order chi connectivity index (χ1) is 6.90. The van der Waals surface area contributed by atoms with Gasteiger partial charge in [-0.05, 0) is 19.2 Å². The van der Waals surface area contributed by atoms with Gasteiger partial charge in [0.25, 0.3) is 0 Å². The second kappa shape index (κ2) is 4.82. The molecule has 1 aliphatic rings. The van der Waals surface area contributed by atoms with Gasteiger partial charge in [0.15, 0.2) is 0 Å². The molecule has 1 heterocycles. The summed E-state index contributed by atoms with van der Waals surface area (Å²) >= 11 is 1.96. The van der Waals surface area contributed by atoms with Crippen LogP contribution in [0, 0.1) is 0 Å². The lowest BCUT2D eigenvalue weighted by atomic mass is 10.3. The molecule has 2 rings (SSSR count). The van der Waals surface area contributed by atoms with Gasteiger partial charge < -0.3 is 10.6 Å². The molecule has 0 amide bonds. The second-order valence-corrected chi connectivity index (χ2v) is 4.84. The van der Waals surface area contributed by atoms with E-state index in [1.165, 1.54) is 4.90 Å². The summed E-state index contributed by atoms with van der Waals surface area (Å²) in [6.45, 7) is 2.19. The Hall–Kier alpha value is -0.510. The largest absolute Gasteiger partial charge is 0.315 e. The van der Waals surface area contributed by atoms with Gasteiger partial charge in [-0.3, -0.25) is 0 Å². The van der Waals surface area contributed by atoms with E-state index in [0.29, 0.717) is 11.3 Å². The summed E-state index contributed by atoms with van der Waals surface area (Å²) in [6, 6.07) is 11.2. The average molecular weight is 208 g/mol. The summed E-state index contributed by atoms with van der Waals surface area (Å²) < 4.78 is 0. The lowest BCUT2D eigenvalue weighted by Gasteiger charge is -2.16. The highest BCUT2D eigenvalue weighted by Gasteiger charge is 2.25. The number of thioether (sulfide) groups is 1. The molecule has 0 aromatic heterocycles. The van der Waals surface area contributed by atoms with Crippen LogP contribution in [0.2, 0.25) is 0 Å². The first kappa shape index (κ1) is 10.0. The molecule has 1 saturated heterocycles. The van der Waals surface area contributed by atoms with Gasteiger partial charge in [0, 0.05) is 29.3 Å². The van der Waals surface area contributed by atoms with Gasteiger partial charge in [0.1, 0.15) is 0 Å². The zero-order valence-corrected chi connectivity index (χ0v) is 9.18. The molecule has 1 aromatic rings. The monoisotopic (exact) mass is 208 g/mol. The number of rotatable bonds is 3. The third-order valence-corrected chi connectivity index (χ3v) is 3.90. The van der Waals surface area contributed by atoms with Crippen LogP contribution in [0.5, 0.6) is 0 Å². The van der Waals surface area contributed by atoms with E-state index >= 15 is 0 Å². The molecular weight excluding hydrogens is 192 g/mol. The van der Waals surface area contributed by atoms with Crippen LogP contribution < -0.4 is 10.6 Å². The van der Waals surface area contributed by atoms with Crippen molar-refractivity contribution in [3.63, 3.8) is 0 Å². The molecule has 0 spiro atoms. The molecular formula is C11H16N2S. The van der Waals surface area contributed by atoms with Gasteiger partial charge in [0.2, 0.25) is 0 Å². The normalized spacial score (nSPS) is 26.6. The molecule has 2 unspecified atom stereocenters. The molecule has 3 heteroatoms. The van der Waals surface area contributed by atoms with Crippen molar-refractivity contribution in [2.75, 3.05) is 20.1 Å². The average Bonchev–Trinajstić information content (AvgIpc) is 2.67. The second-order valence-electron chi connectivity index (χ2n) is 3.52. The van der Waals surface area contributed by atoms with Gasteiger partial charge in [0.05, 0.1) is 0 Å². The Kier molecular flexibility index (Phi) is 3.45. The summed E-state index contributed by atoms with van der Waals surface area (Å²) in [5.74, 6) is 0. The number of hydrogen-bond acceptors (Lipinski definition) is 3. The third-order valence-electron chi connectivity index (χ3n) is 2.56. The van der Waals surface area contributed by atoms with Gasteiger partial charge >= 0.3 is 0 Å². The fraction of sp³-hybridized carbons (Fsp3) is 0.455. The Morgan fingerprint density at radius 2 is 2.07 bits per heavy atom. The zero-order chi connectivity index (χ0) is 9.80. The van der Waals surface area contributed by atoms with Crippen molar-refractivity contribution in [2.24, 2.45) is 0 Å². The minimum atomic E-state index is 0.597. The number of hydrogen-bond donors (Lipinski definition) is 2.